The Labute approximate surface area is 172 Å². The molecule has 2 aliphatic rings. The van der Waals surface area contributed by atoms with Gasteiger partial charge in [-0.25, -0.2) is 4.99 Å². The van der Waals surface area contributed by atoms with Gasteiger partial charge in [-0.2, -0.15) is 0 Å². The number of hydrogen-bond acceptors (Lipinski definition) is 4. The van der Waals surface area contributed by atoms with Crippen molar-refractivity contribution < 1.29 is 0 Å². The van der Waals surface area contributed by atoms with Gasteiger partial charge in [-0.3, -0.25) is 10.8 Å². The lowest BCUT2D eigenvalue weighted by molar-refractivity contribution is 0.741. The van der Waals surface area contributed by atoms with E-state index in [1.54, 1.807) is 0 Å². The third-order valence-electron chi connectivity index (χ3n) is 5.38. The molecule has 0 fully saturated rings. The van der Waals surface area contributed by atoms with Gasteiger partial charge in [-0.1, -0.05) is 27.7 Å². The van der Waals surface area contributed by atoms with Crippen LogP contribution in [0.2, 0.25) is 0 Å². The summed E-state index contributed by atoms with van der Waals surface area (Å²) < 4.78 is 0. The highest BCUT2D eigenvalue weighted by atomic mass is 32.2. The number of benzene rings is 1. The number of thioether (sulfide) groups is 1. The van der Waals surface area contributed by atoms with Crippen LogP contribution in [-0.4, -0.2) is 22.9 Å². The van der Waals surface area contributed by atoms with Crippen LogP contribution in [0.1, 0.15) is 74.9 Å². The molecule has 0 atom stereocenters. The van der Waals surface area contributed by atoms with Crippen LogP contribution in [0, 0.1) is 10.8 Å². The molecule has 1 aromatic carbocycles. The quantitative estimate of drug-likeness (QED) is 0.585. The van der Waals surface area contributed by atoms with Crippen LogP contribution in [0.15, 0.2) is 9.90 Å². The summed E-state index contributed by atoms with van der Waals surface area (Å²) >= 11 is 1.50. The maximum absolute atomic E-state index is 8.69. The Morgan fingerprint density at radius 3 is 1.93 bits per heavy atom. The van der Waals surface area contributed by atoms with E-state index in [9.17, 15) is 0 Å². The van der Waals surface area contributed by atoms with Crippen LogP contribution < -0.4 is 10.6 Å². The maximum Gasteiger partial charge on any atom is 0.168 e. The number of rotatable bonds is 5. The second-order valence-corrected chi connectivity index (χ2v) is 8.45. The van der Waals surface area contributed by atoms with E-state index < -0.39 is 0 Å². The molecule has 2 heterocycles. The average Bonchev–Trinajstić information content (AvgIpc) is 3.18. The molecule has 4 N–H and O–H groups in total. The smallest absolute Gasteiger partial charge is 0.168 e. The van der Waals surface area contributed by atoms with Gasteiger partial charge in [0.25, 0.3) is 0 Å². The fourth-order valence-corrected chi connectivity index (χ4v) is 5.39. The van der Waals surface area contributed by atoms with Gasteiger partial charge in [-0.05, 0) is 73.5 Å². The largest absolute Gasteiger partial charge is 0.362 e. The SMILES string of the molecule is CCc1c(CC)c(CC)c2c(c1CC)C(=N)N/C2=C1/SC(NC(C)C)=NC1=N. The molecule has 0 aliphatic carbocycles. The van der Waals surface area contributed by atoms with Crippen molar-refractivity contribution in [2.24, 2.45) is 4.99 Å². The first-order valence-corrected chi connectivity index (χ1v) is 11.1. The molecule has 28 heavy (non-hydrogen) atoms. The monoisotopic (exact) mass is 397 g/mol. The van der Waals surface area contributed by atoms with Gasteiger partial charge in [0.15, 0.2) is 11.0 Å². The topological polar surface area (TPSA) is 84.1 Å². The van der Waals surface area contributed by atoms with E-state index in [1.807, 2.05) is 0 Å². The minimum absolute atomic E-state index is 0.266. The van der Waals surface area contributed by atoms with Crippen molar-refractivity contribution in [3.8, 4) is 0 Å². The normalized spacial score (nSPS) is 18.6. The summed E-state index contributed by atoms with van der Waals surface area (Å²) in [5.74, 6) is 0.731. The van der Waals surface area contributed by atoms with E-state index in [2.05, 4.69) is 57.2 Å². The molecule has 3 rings (SSSR count). The first-order chi connectivity index (χ1) is 13.4. The Hall–Kier alpha value is -2.08. The Kier molecular flexibility index (Phi) is 5.98. The van der Waals surface area contributed by atoms with E-state index in [-0.39, 0.29) is 11.9 Å². The molecule has 2 aliphatic heterocycles. The Morgan fingerprint density at radius 1 is 0.893 bits per heavy atom. The Morgan fingerprint density at radius 2 is 1.43 bits per heavy atom. The first kappa shape index (κ1) is 20.6. The van der Waals surface area contributed by atoms with E-state index >= 15 is 0 Å². The lowest BCUT2D eigenvalue weighted by Gasteiger charge is -2.21. The fourth-order valence-electron chi connectivity index (χ4n) is 4.37. The van der Waals surface area contributed by atoms with Crippen LogP contribution in [0.3, 0.4) is 0 Å². The van der Waals surface area contributed by atoms with Crippen molar-refractivity contribution in [2.75, 3.05) is 0 Å². The lowest BCUT2D eigenvalue weighted by atomic mass is 9.82. The van der Waals surface area contributed by atoms with Crippen molar-refractivity contribution in [1.29, 1.82) is 10.8 Å². The molecule has 0 unspecified atom stereocenters. The second-order valence-electron chi connectivity index (χ2n) is 7.45. The molecule has 0 spiro atoms. The number of amidine groups is 3. The van der Waals surface area contributed by atoms with Crippen LogP contribution in [0.25, 0.3) is 5.70 Å². The molecule has 0 radical (unpaired) electrons. The number of fused-ring (bicyclic) bond motifs is 1. The summed E-state index contributed by atoms with van der Waals surface area (Å²) in [6, 6.07) is 0.266. The minimum Gasteiger partial charge on any atom is -0.362 e. The van der Waals surface area contributed by atoms with Gasteiger partial charge in [0.2, 0.25) is 0 Å². The van der Waals surface area contributed by atoms with Crippen LogP contribution in [-0.2, 0) is 25.7 Å². The summed E-state index contributed by atoms with van der Waals surface area (Å²) in [4.78, 5) is 5.23. The zero-order valence-electron chi connectivity index (χ0n) is 17.8. The summed E-state index contributed by atoms with van der Waals surface area (Å²) in [6.07, 6.45) is 3.81. The first-order valence-electron chi connectivity index (χ1n) is 10.3. The molecule has 0 amide bonds. The highest BCUT2D eigenvalue weighted by Crippen LogP contribution is 2.42. The van der Waals surface area contributed by atoms with Gasteiger partial charge >= 0.3 is 0 Å². The standard InChI is InChI=1S/C22H31N5S/c1-7-12-13(8-2)15(10-4)17-16(14(12)9-3)18(26-20(17)23)19-21(24)27-22(28-19)25-11(5)6/h11H,7-10H2,1-6H3,(H2,23,26)(H2,24,25,27)/b19-18+. The van der Waals surface area contributed by atoms with Crippen molar-refractivity contribution in [1.82, 2.24) is 10.6 Å². The van der Waals surface area contributed by atoms with Gasteiger partial charge in [0.1, 0.15) is 5.84 Å². The molecular formula is C22H31N5S. The number of aliphatic imine (C=N–C) groups is 1. The molecule has 1 aromatic rings. The van der Waals surface area contributed by atoms with Crippen molar-refractivity contribution >= 4 is 34.3 Å². The van der Waals surface area contributed by atoms with Crippen LogP contribution in [0.5, 0.6) is 0 Å². The lowest BCUT2D eigenvalue weighted by Crippen LogP contribution is -2.26. The van der Waals surface area contributed by atoms with Crippen molar-refractivity contribution in [2.45, 2.75) is 73.3 Å². The summed E-state index contributed by atoms with van der Waals surface area (Å²) in [5.41, 5.74) is 8.50. The van der Waals surface area contributed by atoms with E-state index in [0.717, 1.165) is 52.6 Å². The predicted molar refractivity (Wildman–Crippen MR) is 122 cm³/mol. The fraction of sp³-hybridized carbons (Fsp3) is 0.500. The minimum atomic E-state index is 0.266. The number of hydrogen-bond donors (Lipinski definition) is 4. The number of nitrogens with zero attached hydrogens (tertiary/aromatic N) is 1. The van der Waals surface area contributed by atoms with Gasteiger partial charge in [0, 0.05) is 17.2 Å². The third-order valence-corrected chi connectivity index (χ3v) is 6.38. The molecular weight excluding hydrogens is 366 g/mol. The molecule has 0 aromatic heterocycles. The van der Waals surface area contributed by atoms with E-state index in [0.29, 0.717) is 5.84 Å². The summed E-state index contributed by atoms with van der Waals surface area (Å²) in [5, 5.41) is 24.5. The average molecular weight is 398 g/mol. The van der Waals surface area contributed by atoms with Crippen LogP contribution >= 0.6 is 11.8 Å². The van der Waals surface area contributed by atoms with Gasteiger partial charge in [-0.15, -0.1) is 0 Å². The Balaban J connectivity index is 2.26. The molecule has 6 heteroatoms. The van der Waals surface area contributed by atoms with Crippen LogP contribution in [0.4, 0.5) is 0 Å². The van der Waals surface area contributed by atoms with Gasteiger partial charge < -0.3 is 10.6 Å². The molecule has 0 saturated heterocycles. The zero-order valence-corrected chi connectivity index (χ0v) is 18.6. The third kappa shape index (κ3) is 3.28. The molecule has 5 nitrogen and oxygen atoms in total. The maximum atomic E-state index is 8.69. The predicted octanol–water partition coefficient (Wildman–Crippen LogP) is 4.61. The van der Waals surface area contributed by atoms with Crippen molar-refractivity contribution in [3.63, 3.8) is 0 Å². The zero-order chi connectivity index (χ0) is 20.6. The van der Waals surface area contributed by atoms with E-state index in [4.69, 9.17) is 10.8 Å². The summed E-state index contributed by atoms with van der Waals surface area (Å²) in [6.45, 7) is 12.9. The van der Waals surface area contributed by atoms with Crippen molar-refractivity contribution in [3.05, 3.63) is 38.3 Å². The molecule has 150 valence electrons. The molecule has 0 bridgehead atoms. The highest BCUT2D eigenvalue weighted by Gasteiger charge is 2.35. The molecule has 0 saturated carbocycles. The highest BCUT2D eigenvalue weighted by molar-refractivity contribution is 8.18. The number of nitrogens with one attached hydrogen (secondary N) is 4. The van der Waals surface area contributed by atoms with Gasteiger partial charge in [0.05, 0.1) is 10.6 Å². The Bertz CT molecular complexity index is 908. The summed E-state index contributed by atoms with van der Waals surface area (Å²) in [7, 11) is 0. The second kappa shape index (κ2) is 8.11. The van der Waals surface area contributed by atoms with E-state index in [1.165, 1.54) is 34.0 Å².